The fourth-order valence-electron chi connectivity index (χ4n) is 1.47. The molecule has 0 aliphatic heterocycles. The van der Waals surface area contributed by atoms with E-state index in [0.717, 1.165) is 0 Å². The van der Waals surface area contributed by atoms with Crippen molar-refractivity contribution in [2.24, 2.45) is 5.92 Å². The van der Waals surface area contributed by atoms with Crippen LogP contribution in [-0.4, -0.2) is 24.7 Å². The van der Waals surface area contributed by atoms with Crippen LogP contribution in [0.4, 0.5) is 4.39 Å². The second kappa shape index (κ2) is 6.35. The number of hydrogen-bond donors (Lipinski definition) is 2. The Morgan fingerprint density at radius 3 is 2.67 bits per heavy atom. The third-order valence-electron chi connectivity index (χ3n) is 2.60. The zero-order valence-corrected chi connectivity index (χ0v) is 10.7. The molecule has 0 radical (unpaired) electrons. The SMILES string of the molecule is COc1cc(C(CO)NC(=O)C(C)C)ccc1F. The Morgan fingerprint density at radius 2 is 2.17 bits per heavy atom. The molecule has 0 heterocycles. The van der Waals surface area contributed by atoms with Gasteiger partial charge in [-0.25, -0.2) is 4.39 Å². The Kier molecular flexibility index (Phi) is 5.09. The van der Waals surface area contributed by atoms with E-state index in [0.29, 0.717) is 5.56 Å². The summed E-state index contributed by atoms with van der Waals surface area (Å²) in [7, 11) is 1.36. The van der Waals surface area contributed by atoms with Crippen molar-refractivity contribution in [1.29, 1.82) is 0 Å². The van der Waals surface area contributed by atoms with Gasteiger partial charge in [0.1, 0.15) is 0 Å². The van der Waals surface area contributed by atoms with Crippen LogP contribution < -0.4 is 10.1 Å². The van der Waals surface area contributed by atoms with Crippen molar-refractivity contribution in [3.63, 3.8) is 0 Å². The average molecular weight is 255 g/mol. The van der Waals surface area contributed by atoms with Gasteiger partial charge in [-0.15, -0.1) is 0 Å². The molecule has 18 heavy (non-hydrogen) atoms. The number of amides is 1. The zero-order chi connectivity index (χ0) is 13.7. The van der Waals surface area contributed by atoms with Gasteiger partial charge in [0, 0.05) is 5.92 Å². The number of carbonyl (C=O) groups excluding carboxylic acids is 1. The molecule has 0 saturated heterocycles. The van der Waals surface area contributed by atoms with Gasteiger partial charge in [0.2, 0.25) is 5.91 Å². The van der Waals surface area contributed by atoms with Crippen LogP contribution in [-0.2, 0) is 4.79 Å². The lowest BCUT2D eigenvalue weighted by Crippen LogP contribution is -2.33. The van der Waals surface area contributed by atoms with Gasteiger partial charge < -0.3 is 15.2 Å². The summed E-state index contributed by atoms with van der Waals surface area (Å²) in [4.78, 5) is 11.6. The number of rotatable bonds is 5. The van der Waals surface area contributed by atoms with Gasteiger partial charge in [-0.1, -0.05) is 19.9 Å². The fourth-order valence-corrected chi connectivity index (χ4v) is 1.47. The molecule has 0 fully saturated rings. The minimum Gasteiger partial charge on any atom is -0.494 e. The number of benzene rings is 1. The fraction of sp³-hybridized carbons (Fsp3) is 0.462. The molecule has 1 unspecified atom stereocenters. The first-order valence-corrected chi connectivity index (χ1v) is 5.74. The second-order valence-electron chi connectivity index (χ2n) is 4.29. The average Bonchev–Trinajstić information content (AvgIpc) is 2.36. The molecule has 0 aliphatic rings. The first kappa shape index (κ1) is 14.4. The molecular formula is C13H18FNO3. The van der Waals surface area contributed by atoms with Gasteiger partial charge in [-0.3, -0.25) is 4.79 Å². The van der Waals surface area contributed by atoms with Crippen LogP contribution in [0.2, 0.25) is 0 Å². The van der Waals surface area contributed by atoms with E-state index >= 15 is 0 Å². The molecule has 0 aliphatic carbocycles. The van der Waals surface area contributed by atoms with E-state index < -0.39 is 11.9 Å². The number of halogens is 1. The first-order valence-electron chi connectivity index (χ1n) is 5.74. The maximum absolute atomic E-state index is 13.3. The van der Waals surface area contributed by atoms with Crippen LogP contribution in [0.5, 0.6) is 5.75 Å². The highest BCUT2D eigenvalue weighted by Gasteiger charge is 2.17. The number of aliphatic hydroxyl groups excluding tert-OH is 1. The van der Waals surface area contributed by atoms with Crippen LogP contribution in [0.25, 0.3) is 0 Å². The van der Waals surface area contributed by atoms with Crippen molar-refractivity contribution < 1.29 is 19.0 Å². The lowest BCUT2D eigenvalue weighted by Gasteiger charge is -2.19. The zero-order valence-electron chi connectivity index (χ0n) is 10.7. The van der Waals surface area contributed by atoms with Crippen LogP contribution in [0, 0.1) is 11.7 Å². The summed E-state index contributed by atoms with van der Waals surface area (Å²) in [5.41, 5.74) is 0.602. The van der Waals surface area contributed by atoms with Gasteiger partial charge in [-0.05, 0) is 17.7 Å². The predicted molar refractivity (Wildman–Crippen MR) is 65.8 cm³/mol. The van der Waals surface area contributed by atoms with Gasteiger partial charge >= 0.3 is 0 Å². The summed E-state index contributed by atoms with van der Waals surface area (Å²) in [6.45, 7) is 3.26. The third-order valence-corrected chi connectivity index (χ3v) is 2.60. The molecule has 100 valence electrons. The van der Waals surface area contributed by atoms with E-state index in [1.165, 1.54) is 25.3 Å². The molecule has 0 bridgehead atoms. The molecule has 5 heteroatoms. The summed E-state index contributed by atoms with van der Waals surface area (Å²) in [5, 5.41) is 12.0. The highest BCUT2D eigenvalue weighted by Crippen LogP contribution is 2.22. The van der Waals surface area contributed by atoms with Gasteiger partial charge in [0.05, 0.1) is 19.8 Å². The standard InChI is InChI=1S/C13H18FNO3/c1-8(2)13(17)15-11(7-16)9-4-5-10(14)12(6-9)18-3/h4-6,8,11,16H,7H2,1-3H3,(H,15,17). The maximum Gasteiger partial charge on any atom is 0.223 e. The van der Waals surface area contributed by atoms with E-state index in [1.54, 1.807) is 13.8 Å². The monoisotopic (exact) mass is 255 g/mol. The van der Waals surface area contributed by atoms with E-state index in [-0.39, 0.29) is 24.2 Å². The van der Waals surface area contributed by atoms with Gasteiger partial charge in [0.25, 0.3) is 0 Å². The number of aliphatic hydroxyl groups is 1. The van der Waals surface area contributed by atoms with Crippen molar-refractivity contribution >= 4 is 5.91 Å². The van der Waals surface area contributed by atoms with Crippen molar-refractivity contribution in [3.05, 3.63) is 29.6 Å². The minimum atomic E-state index is -0.561. The summed E-state index contributed by atoms with van der Waals surface area (Å²) in [5.74, 6) is -0.739. The lowest BCUT2D eigenvalue weighted by molar-refractivity contribution is -0.125. The molecule has 1 atom stereocenters. The van der Waals surface area contributed by atoms with E-state index in [1.807, 2.05) is 0 Å². The Labute approximate surface area is 106 Å². The van der Waals surface area contributed by atoms with Gasteiger partial charge in [0.15, 0.2) is 11.6 Å². The Hall–Kier alpha value is -1.62. The van der Waals surface area contributed by atoms with Crippen LogP contribution >= 0.6 is 0 Å². The van der Waals surface area contributed by atoms with Crippen molar-refractivity contribution in [2.75, 3.05) is 13.7 Å². The summed E-state index contributed by atoms with van der Waals surface area (Å²) < 4.78 is 18.1. The Bertz CT molecular complexity index is 421. The number of nitrogens with one attached hydrogen (secondary N) is 1. The molecule has 0 saturated carbocycles. The Morgan fingerprint density at radius 1 is 1.50 bits per heavy atom. The van der Waals surface area contributed by atoms with E-state index in [9.17, 15) is 14.3 Å². The Balaban J connectivity index is 2.91. The number of hydrogen-bond acceptors (Lipinski definition) is 3. The quantitative estimate of drug-likeness (QED) is 0.841. The molecule has 1 aromatic rings. The molecule has 1 rings (SSSR count). The largest absolute Gasteiger partial charge is 0.494 e. The number of methoxy groups -OCH3 is 1. The maximum atomic E-state index is 13.3. The smallest absolute Gasteiger partial charge is 0.223 e. The predicted octanol–water partition coefficient (Wildman–Crippen LogP) is 1.64. The topological polar surface area (TPSA) is 58.6 Å². The molecule has 0 aromatic heterocycles. The van der Waals surface area contributed by atoms with E-state index in [4.69, 9.17) is 4.74 Å². The number of ether oxygens (including phenoxy) is 1. The van der Waals surface area contributed by atoms with Gasteiger partial charge in [-0.2, -0.15) is 0 Å². The van der Waals surface area contributed by atoms with Crippen LogP contribution in [0.15, 0.2) is 18.2 Å². The summed E-state index contributed by atoms with van der Waals surface area (Å²) >= 11 is 0. The molecule has 1 aromatic carbocycles. The minimum absolute atomic E-state index is 0.0877. The van der Waals surface area contributed by atoms with Crippen LogP contribution in [0.3, 0.4) is 0 Å². The normalized spacial score (nSPS) is 12.3. The van der Waals surface area contributed by atoms with Crippen molar-refractivity contribution in [1.82, 2.24) is 5.32 Å². The van der Waals surface area contributed by atoms with Crippen molar-refractivity contribution in [3.8, 4) is 5.75 Å². The molecule has 1 amide bonds. The summed E-state index contributed by atoms with van der Waals surface area (Å²) in [6.07, 6.45) is 0. The number of carbonyl (C=O) groups is 1. The van der Waals surface area contributed by atoms with Crippen LogP contribution in [0.1, 0.15) is 25.5 Å². The second-order valence-corrected chi connectivity index (χ2v) is 4.29. The molecule has 4 nitrogen and oxygen atoms in total. The van der Waals surface area contributed by atoms with Crippen molar-refractivity contribution in [2.45, 2.75) is 19.9 Å². The molecule has 2 N–H and O–H groups in total. The molecule has 0 spiro atoms. The lowest BCUT2D eigenvalue weighted by atomic mass is 10.1. The third kappa shape index (κ3) is 3.43. The molecular weight excluding hydrogens is 237 g/mol. The highest BCUT2D eigenvalue weighted by molar-refractivity contribution is 5.78. The highest BCUT2D eigenvalue weighted by atomic mass is 19.1. The summed E-state index contributed by atoms with van der Waals surface area (Å²) in [6, 6.07) is 3.67. The van der Waals surface area contributed by atoms with E-state index in [2.05, 4.69) is 5.32 Å². The first-order chi connectivity index (χ1) is 8.49.